The van der Waals surface area contributed by atoms with Gasteiger partial charge in [0.1, 0.15) is 11.4 Å². The number of carbonyl (C=O) groups excluding carboxylic acids is 1. The van der Waals surface area contributed by atoms with Gasteiger partial charge in [0.2, 0.25) is 0 Å². The summed E-state index contributed by atoms with van der Waals surface area (Å²) < 4.78 is 1.92. The zero-order chi connectivity index (χ0) is 13.4. The highest BCUT2D eigenvalue weighted by Crippen LogP contribution is 2.27. The predicted octanol–water partition coefficient (Wildman–Crippen LogP) is 3.75. The predicted molar refractivity (Wildman–Crippen MR) is 78.0 cm³/mol. The van der Waals surface area contributed by atoms with E-state index in [0.29, 0.717) is 5.69 Å². The molecule has 3 rings (SSSR count). The summed E-state index contributed by atoms with van der Waals surface area (Å²) >= 11 is 1.56. The van der Waals surface area contributed by atoms with Gasteiger partial charge in [-0.2, -0.15) is 0 Å². The van der Waals surface area contributed by atoms with Gasteiger partial charge in [0.25, 0.3) is 0 Å². The molecule has 2 heterocycles. The smallest absolute Gasteiger partial charge is 0.195 e. The van der Waals surface area contributed by atoms with Gasteiger partial charge in [0, 0.05) is 16.6 Å². The first-order chi connectivity index (χ1) is 9.24. The van der Waals surface area contributed by atoms with Gasteiger partial charge in [-0.25, -0.2) is 4.98 Å². The van der Waals surface area contributed by atoms with E-state index in [1.807, 2.05) is 28.8 Å². The fourth-order valence-corrected chi connectivity index (χ4v) is 3.11. The number of fused-ring (bicyclic) bond motifs is 1. The van der Waals surface area contributed by atoms with Crippen molar-refractivity contribution in [3.63, 3.8) is 0 Å². The number of thiazole rings is 1. The second-order valence-electron chi connectivity index (χ2n) is 4.51. The number of benzene rings is 1. The maximum Gasteiger partial charge on any atom is 0.195 e. The van der Waals surface area contributed by atoms with Crippen molar-refractivity contribution in [3.8, 4) is 11.3 Å². The number of aromatic nitrogens is 2. The molecule has 19 heavy (non-hydrogen) atoms. The molecule has 0 aliphatic carbocycles. The summed E-state index contributed by atoms with van der Waals surface area (Å²) in [6.07, 6.45) is 1.90. The topological polar surface area (TPSA) is 34.4 Å². The van der Waals surface area contributed by atoms with Crippen LogP contribution >= 0.6 is 11.3 Å². The van der Waals surface area contributed by atoms with E-state index in [1.165, 1.54) is 5.56 Å². The summed E-state index contributed by atoms with van der Waals surface area (Å²) in [5, 5.41) is 2.01. The zero-order valence-corrected chi connectivity index (χ0v) is 11.7. The van der Waals surface area contributed by atoms with Gasteiger partial charge in [0.05, 0.1) is 0 Å². The fraction of sp³-hybridized carbons (Fsp3) is 0.200. The maximum atomic E-state index is 11.4. The van der Waals surface area contributed by atoms with Crippen LogP contribution in [0.25, 0.3) is 16.2 Å². The average molecular weight is 270 g/mol. The highest BCUT2D eigenvalue weighted by Gasteiger charge is 2.15. The Morgan fingerprint density at radius 3 is 2.68 bits per heavy atom. The maximum absolute atomic E-state index is 11.4. The third-order valence-corrected chi connectivity index (χ3v) is 4.26. The second-order valence-corrected chi connectivity index (χ2v) is 5.35. The summed E-state index contributed by atoms with van der Waals surface area (Å²) in [7, 11) is 0. The quantitative estimate of drug-likeness (QED) is 0.679. The molecule has 3 nitrogen and oxygen atoms in total. The van der Waals surface area contributed by atoms with Gasteiger partial charge < -0.3 is 0 Å². The minimum absolute atomic E-state index is 0.637. The second kappa shape index (κ2) is 4.63. The van der Waals surface area contributed by atoms with E-state index in [1.54, 1.807) is 11.3 Å². The molecule has 0 saturated carbocycles. The van der Waals surface area contributed by atoms with E-state index in [4.69, 9.17) is 0 Å². The Hall–Kier alpha value is -1.94. The molecule has 96 valence electrons. The number of aldehydes is 1. The van der Waals surface area contributed by atoms with E-state index < -0.39 is 0 Å². The van der Waals surface area contributed by atoms with Crippen LogP contribution in [0.5, 0.6) is 0 Å². The molecule has 0 N–H and O–H groups in total. The highest BCUT2D eigenvalue weighted by molar-refractivity contribution is 7.15. The Morgan fingerprint density at radius 2 is 2.05 bits per heavy atom. The van der Waals surface area contributed by atoms with Crippen LogP contribution in [-0.4, -0.2) is 15.7 Å². The summed E-state index contributed by atoms with van der Waals surface area (Å²) in [5.74, 6) is 0. The van der Waals surface area contributed by atoms with E-state index in [-0.39, 0.29) is 0 Å². The Balaban J connectivity index is 2.20. The molecule has 2 aromatic heterocycles. The lowest BCUT2D eigenvalue weighted by Gasteiger charge is -2.01. The Labute approximate surface area is 115 Å². The van der Waals surface area contributed by atoms with Crippen LogP contribution in [0, 0.1) is 6.92 Å². The lowest BCUT2D eigenvalue weighted by molar-refractivity contribution is 0.111. The van der Waals surface area contributed by atoms with Crippen molar-refractivity contribution in [1.82, 2.24) is 9.38 Å². The van der Waals surface area contributed by atoms with Crippen molar-refractivity contribution in [1.29, 1.82) is 0 Å². The van der Waals surface area contributed by atoms with Crippen LogP contribution in [0.4, 0.5) is 0 Å². The SMILES string of the molecule is CCc1ccc(-c2nc3scc(C)n3c2C=O)cc1. The first-order valence-electron chi connectivity index (χ1n) is 6.25. The molecule has 3 aromatic rings. The van der Waals surface area contributed by atoms with Gasteiger partial charge >= 0.3 is 0 Å². The minimum Gasteiger partial charge on any atom is -0.296 e. The van der Waals surface area contributed by atoms with Crippen molar-refractivity contribution in [2.45, 2.75) is 20.3 Å². The molecule has 4 heteroatoms. The van der Waals surface area contributed by atoms with E-state index in [9.17, 15) is 4.79 Å². The fourth-order valence-electron chi connectivity index (χ4n) is 2.24. The van der Waals surface area contributed by atoms with Gasteiger partial charge in [-0.15, -0.1) is 11.3 Å². The number of hydrogen-bond acceptors (Lipinski definition) is 3. The van der Waals surface area contributed by atoms with Crippen molar-refractivity contribution in [3.05, 3.63) is 46.6 Å². The molecular formula is C15H14N2OS. The summed E-state index contributed by atoms with van der Waals surface area (Å²) in [6, 6.07) is 8.25. The highest BCUT2D eigenvalue weighted by atomic mass is 32.1. The summed E-state index contributed by atoms with van der Waals surface area (Å²) in [6.45, 7) is 4.12. The number of aryl methyl sites for hydroxylation is 2. The number of imidazole rings is 1. The summed E-state index contributed by atoms with van der Waals surface area (Å²) in [5.41, 5.74) is 4.74. The Kier molecular flexibility index (Phi) is 2.95. The molecule has 1 aromatic carbocycles. The molecule has 0 aliphatic heterocycles. The lowest BCUT2D eigenvalue weighted by atomic mass is 10.1. The Bertz CT molecular complexity index is 737. The van der Waals surface area contributed by atoms with Crippen LogP contribution in [0.1, 0.15) is 28.7 Å². The molecule has 0 amide bonds. The van der Waals surface area contributed by atoms with Gasteiger partial charge in [-0.05, 0) is 18.9 Å². The molecule has 0 atom stereocenters. The summed E-state index contributed by atoms with van der Waals surface area (Å²) in [4.78, 5) is 16.8. The molecule has 0 aliphatic rings. The number of nitrogens with zero attached hydrogens (tertiary/aromatic N) is 2. The third kappa shape index (κ3) is 1.88. The zero-order valence-electron chi connectivity index (χ0n) is 10.9. The Morgan fingerprint density at radius 1 is 1.32 bits per heavy atom. The van der Waals surface area contributed by atoms with Crippen molar-refractivity contribution in [2.24, 2.45) is 0 Å². The van der Waals surface area contributed by atoms with Gasteiger partial charge in [-0.3, -0.25) is 9.20 Å². The first kappa shape index (κ1) is 12.1. The molecule has 0 saturated heterocycles. The minimum atomic E-state index is 0.637. The molecule has 0 bridgehead atoms. The standard InChI is InChI=1S/C15H14N2OS/c1-3-11-4-6-12(7-5-11)14-13(8-18)17-10(2)9-19-15(17)16-14/h4-9H,3H2,1-2H3. The molecule has 0 radical (unpaired) electrons. The molecule has 0 unspecified atom stereocenters. The first-order valence-corrected chi connectivity index (χ1v) is 7.13. The third-order valence-electron chi connectivity index (χ3n) is 3.32. The van der Waals surface area contributed by atoms with E-state index in [0.717, 1.165) is 34.6 Å². The van der Waals surface area contributed by atoms with Crippen LogP contribution in [0.2, 0.25) is 0 Å². The van der Waals surface area contributed by atoms with Gasteiger partial charge in [0.15, 0.2) is 11.2 Å². The van der Waals surface area contributed by atoms with Crippen molar-refractivity contribution in [2.75, 3.05) is 0 Å². The van der Waals surface area contributed by atoms with E-state index >= 15 is 0 Å². The van der Waals surface area contributed by atoms with Crippen LogP contribution < -0.4 is 0 Å². The van der Waals surface area contributed by atoms with Crippen molar-refractivity contribution < 1.29 is 4.79 Å². The van der Waals surface area contributed by atoms with Crippen LogP contribution in [0.15, 0.2) is 29.6 Å². The van der Waals surface area contributed by atoms with Crippen LogP contribution in [-0.2, 0) is 6.42 Å². The lowest BCUT2D eigenvalue weighted by Crippen LogP contribution is -1.93. The number of rotatable bonds is 3. The van der Waals surface area contributed by atoms with Gasteiger partial charge in [-0.1, -0.05) is 31.2 Å². The van der Waals surface area contributed by atoms with Crippen molar-refractivity contribution >= 4 is 22.6 Å². The molecular weight excluding hydrogens is 256 g/mol. The van der Waals surface area contributed by atoms with E-state index in [2.05, 4.69) is 24.0 Å². The number of hydrogen-bond donors (Lipinski definition) is 0. The normalized spacial score (nSPS) is 11.1. The number of carbonyl (C=O) groups is 1. The average Bonchev–Trinajstić information content (AvgIpc) is 2.99. The largest absolute Gasteiger partial charge is 0.296 e. The molecule has 0 fully saturated rings. The molecule has 0 spiro atoms. The van der Waals surface area contributed by atoms with Crippen LogP contribution in [0.3, 0.4) is 0 Å². The monoisotopic (exact) mass is 270 g/mol.